The Labute approximate surface area is 220 Å². The van der Waals surface area contributed by atoms with E-state index < -0.39 is 0 Å². The molecule has 1 amide bonds. The molecule has 6 nitrogen and oxygen atoms in total. The van der Waals surface area contributed by atoms with E-state index in [2.05, 4.69) is 53.9 Å². The summed E-state index contributed by atoms with van der Waals surface area (Å²) in [5, 5.41) is 0. The molecule has 3 aromatic rings. The molecule has 1 unspecified atom stereocenters. The lowest BCUT2D eigenvalue weighted by Gasteiger charge is -2.33. The molecule has 6 heteroatoms. The van der Waals surface area contributed by atoms with Gasteiger partial charge in [-0.1, -0.05) is 23.8 Å². The minimum absolute atomic E-state index is 0.0359. The summed E-state index contributed by atoms with van der Waals surface area (Å²) in [4.78, 5) is 25.5. The van der Waals surface area contributed by atoms with Gasteiger partial charge in [0.1, 0.15) is 0 Å². The molecule has 1 aliphatic rings. The Hall–Kier alpha value is -3.77. The van der Waals surface area contributed by atoms with Crippen LogP contribution in [0.4, 0.5) is 5.69 Å². The van der Waals surface area contributed by atoms with Gasteiger partial charge in [0.15, 0.2) is 0 Å². The van der Waals surface area contributed by atoms with Crippen LogP contribution in [0, 0.1) is 13.8 Å². The van der Waals surface area contributed by atoms with Gasteiger partial charge in [-0.2, -0.15) is 0 Å². The SMILES string of the molecule is C/C(=C\c1c(-c2ccc(N)cn2)ccnc1C)C(C)N1CC=C(c2ccc(C(=O)N(C)C)cc2C)CC1. The molecular formula is C31H37N5O. The smallest absolute Gasteiger partial charge is 0.253 e. The van der Waals surface area contributed by atoms with E-state index in [0.717, 1.165) is 53.2 Å². The molecule has 4 rings (SSSR count). The molecule has 0 saturated heterocycles. The van der Waals surface area contributed by atoms with Crippen LogP contribution in [0.1, 0.15) is 53.0 Å². The molecule has 0 spiro atoms. The first-order valence-electron chi connectivity index (χ1n) is 12.8. The minimum atomic E-state index is 0.0359. The zero-order valence-electron chi connectivity index (χ0n) is 22.7. The number of rotatable bonds is 6. The van der Waals surface area contributed by atoms with Crippen molar-refractivity contribution in [3.63, 3.8) is 0 Å². The summed E-state index contributed by atoms with van der Waals surface area (Å²) >= 11 is 0. The van der Waals surface area contributed by atoms with E-state index in [0.29, 0.717) is 5.69 Å². The van der Waals surface area contributed by atoms with Gasteiger partial charge < -0.3 is 10.6 Å². The quantitative estimate of drug-likeness (QED) is 0.480. The van der Waals surface area contributed by atoms with Crippen molar-refractivity contribution in [2.45, 2.75) is 40.2 Å². The molecule has 0 radical (unpaired) electrons. The molecule has 1 atom stereocenters. The topological polar surface area (TPSA) is 75.3 Å². The van der Waals surface area contributed by atoms with Crippen LogP contribution in [0.3, 0.4) is 0 Å². The van der Waals surface area contributed by atoms with E-state index in [-0.39, 0.29) is 11.9 Å². The molecule has 2 N–H and O–H groups in total. The molecule has 0 saturated carbocycles. The molecule has 0 fully saturated rings. The van der Waals surface area contributed by atoms with Crippen molar-refractivity contribution in [2.75, 3.05) is 32.9 Å². The van der Waals surface area contributed by atoms with Crippen LogP contribution >= 0.6 is 0 Å². The van der Waals surface area contributed by atoms with Gasteiger partial charge in [0.2, 0.25) is 0 Å². The lowest BCUT2D eigenvalue weighted by molar-refractivity contribution is 0.0827. The number of carbonyl (C=O) groups excluding carboxylic acids is 1. The number of nitrogens with zero attached hydrogens (tertiary/aromatic N) is 4. The summed E-state index contributed by atoms with van der Waals surface area (Å²) in [6.07, 6.45) is 9.10. The van der Waals surface area contributed by atoms with Crippen LogP contribution in [0.15, 0.2) is 60.4 Å². The van der Waals surface area contributed by atoms with Gasteiger partial charge in [-0.05, 0) is 81.1 Å². The van der Waals surface area contributed by atoms with Gasteiger partial charge >= 0.3 is 0 Å². The Balaban J connectivity index is 1.52. The Bertz CT molecular complexity index is 1350. The number of nitrogens with two attached hydrogens (primary N) is 1. The van der Waals surface area contributed by atoms with Crippen LogP contribution in [-0.4, -0.2) is 58.9 Å². The number of anilines is 1. The first-order chi connectivity index (χ1) is 17.7. The third-order valence-electron chi connectivity index (χ3n) is 7.30. The number of amides is 1. The first-order valence-corrected chi connectivity index (χ1v) is 12.8. The van der Waals surface area contributed by atoms with Gasteiger partial charge in [-0.3, -0.25) is 19.7 Å². The monoisotopic (exact) mass is 495 g/mol. The van der Waals surface area contributed by atoms with E-state index in [1.807, 2.05) is 43.5 Å². The largest absolute Gasteiger partial charge is 0.397 e. The Morgan fingerprint density at radius 2 is 1.89 bits per heavy atom. The molecule has 0 bridgehead atoms. The third kappa shape index (κ3) is 5.81. The molecule has 1 aromatic carbocycles. The summed E-state index contributed by atoms with van der Waals surface area (Å²) < 4.78 is 0. The Morgan fingerprint density at radius 3 is 2.51 bits per heavy atom. The van der Waals surface area contributed by atoms with Crippen LogP contribution in [0.25, 0.3) is 22.9 Å². The number of hydrogen-bond donors (Lipinski definition) is 1. The second-order valence-corrected chi connectivity index (χ2v) is 10.1. The van der Waals surface area contributed by atoms with Crippen LogP contribution < -0.4 is 5.73 Å². The van der Waals surface area contributed by atoms with E-state index >= 15 is 0 Å². The fourth-order valence-electron chi connectivity index (χ4n) is 4.88. The maximum absolute atomic E-state index is 12.3. The van der Waals surface area contributed by atoms with Crippen LogP contribution in [0.5, 0.6) is 0 Å². The molecule has 37 heavy (non-hydrogen) atoms. The van der Waals surface area contributed by atoms with Gasteiger partial charge in [0.05, 0.1) is 17.6 Å². The van der Waals surface area contributed by atoms with E-state index in [9.17, 15) is 4.79 Å². The highest BCUT2D eigenvalue weighted by Gasteiger charge is 2.21. The van der Waals surface area contributed by atoms with E-state index in [4.69, 9.17) is 5.73 Å². The third-order valence-corrected chi connectivity index (χ3v) is 7.30. The average Bonchev–Trinajstić information content (AvgIpc) is 2.89. The maximum Gasteiger partial charge on any atom is 0.253 e. The zero-order chi connectivity index (χ0) is 26.7. The summed E-state index contributed by atoms with van der Waals surface area (Å²) in [7, 11) is 3.57. The minimum Gasteiger partial charge on any atom is -0.397 e. The first kappa shape index (κ1) is 26.3. The standard InChI is InChI=1S/C31H37N5O/c1-20(18-29-22(3)33-14-11-28(29)30-10-8-26(32)19-34-30)23(4)36-15-12-24(13-16-36)27-9-7-25(17-21(27)2)31(37)35(5)6/h7-12,14,17-19,23H,13,15-16,32H2,1-6H3/b20-18+. The molecule has 2 aromatic heterocycles. The van der Waals surface area contributed by atoms with Crippen molar-refractivity contribution in [1.29, 1.82) is 0 Å². The number of hydrogen-bond acceptors (Lipinski definition) is 5. The maximum atomic E-state index is 12.3. The summed E-state index contributed by atoms with van der Waals surface area (Å²) in [6.45, 7) is 10.5. The van der Waals surface area contributed by atoms with Crippen molar-refractivity contribution >= 4 is 23.2 Å². The number of nitrogen functional groups attached to an aromatic ring is 1. The number of aromatic nitrogens is 2. The molecule has 3 heterocycles. The fraction of sp³-hybridized carbons (Fsp3) is 0.323. The van der Waals surface area contributed by atoms with Crippen molar-refractivity contribution < 1.29 is 4.79 Å². The van der Waals surface area contributed by atoms with Crippen molar-refractivity contribution in [3.8, 4) is 11.3 Å². The summed E-state index contributed by atoms with van der Waals surface area (Å²) in [5.74, 6) is 0.0359. The van der Waals surface area contributed by atoms with Gasteiger partial charge in [-0.15, -0.1) is 0 Å². The molecule has 1 aliphatic heterocycles. The van der Waals surface area contributed by atoms with Crippen LogP contribution in [-0.2, 0) is 0 Å². The van der Waals surface area contributed by atoms with Crippen molar-refractivity contribution in [2.24, 2.45) is 0 Å². The Kier molecular flexibility index (Phi) is 7.89. The molecular weight excluding hydrogens is 458 g/mol. The van der Waals surface area contributed by atoms with E-state index in [1.54, 1.807) is 25.2 Å². The molecule has 0 aliphatic carbocycles. The van der Waals surface area contributed by atoms with Crippen molar-refractivity contribution in [1.82, 2.24) is 19.8 Å². The Morgan fingerprint density at radius 1 is 1.11 bits per heavy atom. The van der Waals surface area contributed by atoms with E-state index in [1.165, 1.54) is 16.7 Å². The summed E-state index contributed by atoms with van der Waals surface area (Å²) in [6, 6.07) is 12.2. The van der Waals surface area contributed by atoms with Gasteiger partial charge in [-0.25, -0.2) is 0 Å². The van der Waals surface area contributed by atoms with Crippen molar-refractivity contribution in [3.05, 3.63) is 88.4 Å². The highest BCUT2D eigenvalue weighted by Crippen LogP contribution is 2.30. The summed E-state index contributed by atoms with van der Waals surface area (Å²) in [5.41, 5.74) is 16.3. The van der Waals surface area contributed by atoms with Gasteiger partial charge in [0, 0.05) is 61.8 Å². The fourth-order valence-corrected chi connectivity index (χ4v) is 4.88. The number of aryl methyl sites for hydroxylation is 2. The van der Waals surface area contributed by atoms with Gasteiger partial charge in [0.25, 0.3) is 5.91 Å². The highest BCUT2D eigenvalue weighted by atomic mass is 16.2. The highest BCUT2D eigenvalue weighted by molar-refractivity contribution is 5.94. The number of pyridine rings is 2. The predicted octanol–water partition coefficient (Wildman–Crippen LogP) is 5.63. The van der Waals surface area contributed by atoms with Crippen LogP contribution in [0.2, 0.25) is 0 Å². The normalized spacial score (nSPS) is 15.3. The second-order valence-electron chi connectivity index (χ2n) is 10.1. The lowest BCUT2D eigenvalue weighted by Crippen LogP contribution is -2.37. The predicted molar refractivity (Wildman–Crippen MR) is 153 cm³/mol. The lowest BCUT2D eigenvalue weighted by atomic mass is 9.92. The molecule has 192 valence electrons. The zero-order valence-corrected chi connectivity index (χ0v) is 22.7. The number of carbonyl (C=O) groups is 1. The number of benzene rings is 1. The average molecular weight is 496 g/mol. The second kappa shape index (κ2) is 11.1.